The molecule has 0 saturated heterocycles. The average Bonchev–Trinajstić information content (AvgIpc) is 2.90. The molecule has 2 rings (SSSR count). The summed E-state index contributed by atoms with van der Waals surface area (Å²) in [5.74, 6) is 0.358. The van der Waals surface area contributed by atoms with Crippen LogP contribution in [0.15, 0.2) is 29.9 Å². The van der Waals surface area contributed by atoms with Crippen LogP contribution in [0.5, 0.6) is 0 Å². The Morgan fingerprint density at radius 3 is 2.67 bits per heavy atom. The van der Waals surface area contributed by atoms with Gasteiger partial charge < -0.3 is 4.90 Å². The largest absolute Gasteiger partial charge is 0.331 e. The Labute approximate surface area is 130 Å². The second kappa shape index (κ2) is 6.80. The van der Waals surface area contributed by atoms with Crippen molar-refractivity contribution in [1.82, 2.24) is 14.3 Å². The second-order valence-corrected chi connectivity index (χ2v) is 6.01. The maximum Gasteiger partial charge on any atom is 0.257 e. The first-order valence-electron chi connectivity index (χ1n) is 7.18. The van der Waals surface area contributed by atoms with Crippen molar-refractivity contribution in [2.24, 2.45) is 5.92 Å². The van der Waals surface area contributed by atoms with Crippen molar-refractivity contribution in [1.29, 1.82) is 0 Å². The highest BCUT2D eigenvalue weighted by molar-refractivity contribution is 7.03. The fourth-order valence-corrected chi connectivity index (χ4v) is 3.28. The van der Waals surface area contributed by atoms with Gasteiger partial charge in [-0.3, -0.25) is 9.78 Å². The summed E-state index contributed by atoms with van der Waals surface area (Å²) in [7, 11) is 0. The molecule has 0 bridgehead atoms. The predicted octanol–water partition coefficient (Wildman–Crippen LogP) is 3.71. The molecule has 0 N–H and O–H groups in total. The number of rotatable bonds is 5. The van der Waals surface area contributed by atoms with Crippen LogP contribution in [-0.2, 0) is 0 Å². The Balaban J connectivity index is 2.37. The van der Waals surface area contributed by atoms with E-state index < -0.39 is 0 Å². The molecule has 112 valence electrons. The van der Waals surface area contributed by atoms with Gasteiger partial charge >= 0.3 is 0 Å². The summed E-state index contributed by atoms with van der Waals surface area (Å²) in [6.45, 7) is 8.81. The third-order valence-electron chi connectivity index (χ3n) is 3.58. The molecule has 0 fully saturated rings. The van der Waals surface area contributed by atoms with Crippen LogP contribution in [0.25, 0.3) is 0 Å². The lowest BCUT2D eigenvalue weighted by Crippen LogP contribution is -2.37. The van der Waals surface area contributed by atoms with E-state index in [1.165, 1.54) is 11.5 Å². The molecule has 0 saturated carbocycles. The van der Waals surface area contributed by atoms with Gasteiger partial charge in [0, 0.05) is 24.3 Å². The molecule has 0 spiro atoms. The van der Waals surface area contributed by atoms with Crippen LogP contribution < -0.4 is 0 Å². The molecule has 1 amide bonds. The lowest BCUT2D eigenvalue weighted by molar-refractivity contribution is 0.0636. The third-order valence-corrected chi connectivity index (χ3v) is 4.30. The molecule has 2 aromatic rings. The van der Waals surface area contributed by atoms with Gasteiger partial charge in [0.05, 0.1) is 17.3 Å². The van der Waals surface area contributed by atoms with Gasteiger partial charge in [0.2, 0.25) is 0 Å². The van der Waals surface area contributed by atoms with Crippen molar-refractivity contribution < 1.29 is 4.79 Å². The fourth-order valence-electron chi connectivity index (χ4n) is 2.59. The van der Waals surface area contributed by atoms with Gasteiger partial charge in [-0.2, -0.15) is 4.37 Å². The van der Waals surface area contributed by atoms with Crippen LogP contribution in [0.4, 0.5) is 0 Å². The molecule has 1 atom stereocenters. The number of amides is 1. The highest BCUT2D eigenvalue weighted by Gasteiger charge is 2.28. The molecule has 0 aliphatic carbocycles. The number of carbonyl (C=O) groups is 1. The van der Waals surface area contributed by atoms with Crippen LogP contribution in [0.3, 0.4) is 0 Å². The fraction of sp³-hybridized carbons (Fsp3) is 0.438. The minimum atomic E-state index is 0.0236. The SMILES string of the molecule is CCN(C(=O)c1csnc1C)[C@@H](c1cccnc1)C(C)C. The summed E-state index contributed by atoms with van der Waals surface area (Å²) in [4.78, 5) is 19.0. The van der Waals surface area contributed by atoms with Gasteiger partial charge in [-0.1, -0.05) is 19.9 Å². The van der Waals surface area contributed by atoms with E-state index in [1.807, 2.05) is 42.5 Å². The quantitative estimate of drug-likeness (QED) is 0.846. The zero-order valence-corrected chi connectivity index (χ0v) is 13.7. The highest BCUT2D eigenvalue weighted by atomic mass is 32.1. The van der Waals surface area contributed by atoms with Crippen LogP contribution in [0, 0.1) is 12.8 Å². The molecular weight excluding hydrogens is 282 g/mol. The molecule has 2 heterocycles. The molecule has 0 radical (unpaired) electrons. The first-order chi connectivity index (χ1) is 10.1. The van der Waals surface area contributed by atoms with Crippen molar-refractivity contribution >= 4 is 17.4 Å². The molecule has 0 aliphatic heterocycles. The van der Waals surface area contributed by atoms with E-state index in [9.17, 15) is 4.79 Å². The molecule has 0 aliphatic rings. The minimum absolute atomic E-state index is 0.0236. The predicted molar refractivity (Wildman–Crippen MR) is 85.4 cm³/mol. The monoisotopic (exact) mass is 303 g/mol. The number of nitrogens with zero attached hydrogens (tertiary/aromatic N) is 3. The van der Waals surface area contributed by atoms with E-state index in [0.29, 0.717) is 18.0 Å². The van der Waals surface area contributed by atoms with Gasteiger partial charge in [0.1, 0.15) is 0 Å². The first kappa shape index (κ1) is 15.6. The first-order valence-corrected chi connectivity index (χ1v) is 8.01. The van der Waals surface area contributed by atoms with Crippen LogP contribution in [0.1, 0.15) is 48.4 Å². The molecule has 0 unspecified atom stereocenters. The highest BCUT2D eigenvalue weighted by Crippen LogP contribution is 2.30. The van der Waals surface area contributed by atoms with Gasteiger partial charge in [0.25, 0.3) is 5.91 Å². The average molecular weight is 303 g/mol. The molecule has 21 heavy (non-hydrogen) atoms. The Morgan fingerprint density at radius 1 is 1.43 bits per heavy atom. The molecule has 5 heteroatoms. The second-order valence-electron chi connectivity index (χ2n) is 5.38. The number of aryl methyl sites for hydroxylation is 1. The summed E-state index contributed by atoms with van der Waals surface area (Å²) in [5, 5.41) is 1.83. The van der Waals surface area contributed by atoms with E-state index in [2.05, 4.69) is 23.2 Å². The lowest BCUT2D eigenvalue weighted by atomic mass is 9.95. The van der Waals surface area contributed by atoms with Crippen molar-refractivity contribution in [2.75, 3.05) is 6.54 Å². The third kappa shape index (κ3) is 3.29. The number of carbonyl (C=O) groups excluding carboxylic acids is 1. The molecule has 2 aromatic heterocycles. The van der Waals surface area contributed by atoms with E-state index >= 15 is 0 Å². The lowest BCUT2D eigenvalue weighted by Gasteiger charge is -2.34. The number of aromatic nitrogens is 2. The van der Waals surface area contributed by atoms with Crippen LogP contribution in [-0.4, -0.2) is 26.7 Å². The normalized spacial score (nSPS) is 12.4. The van der Waals surface area contributed by atoms with E-state index in [-0.39, 0.29) is 11.9 Å². The number of hydrogen-bond acceptors (Lipinski definition) is 4. The van der Waals surface area contributed by atoms with E-state index in [4.69, 9.17) is 0 Å². The van der Waals surface area contributed by atoms with E-state index in [0.717, 1.165) is 11.3 Å². The standard InChI is InChI=1S/C16H21N3OS/c1-5-19(16(20)14-10-21-18-12(14)4)15(11(2)3)13-7-6-8-17-9-13/h6-11,15H,5H2,1-4H3/t15-/m1/s1. The van der Waals surface area contributed by atoms with Crippen molar-refractivity contribution in [3.8, 4) is 0 Å². The van der Waals surface area contributed by atoms with Crippen molar-refractivity contribution in [3.05, 3.63) is 46.7 Å². The Hall–Kier alpha value is -1.75. The van der Waals surface area contributed by atoms with Crippen LogP contribution in [0.2, 0.25) is 0 Å². The number of pyridine rings is 1. The van der Waals surface area contributed by atoms with Gasteiger partial charge in [-0.15, -0.1) is 0 Å². The maximum atomic E-state index is 12.8. The Bertz CT molecular complexity index is 595. The Kier molecular flexibility index (Phi) is 5.07. The summed E-state index contributed by atoms with van der Waals surface area (Å²) in [6, 6.07) is 3.97. The summed E-state index contributed by atoms with van der Waals surface area (Å²) in [5.41, 5.74) is 2.58. The van der Waals surface area contributed by atoms with Crippen molar-refractivity contribution in [2.45, 2.75) is 33.7 Å². The van der Waals surface area contributed by atoms with Crippen LogP contribution >= 0.6 is 11.5 Å². The maximum absolute atomic E-state index is 12.8. The summed E-state index contributed by atoms with van der Waals surface area (Å²) >= 11 is 1.33. The molecule has 4 nitrogen and oxygen atoms in total. The zero-order chi connectivity index (χ0) is 15.4. The van der Waals surface area contributed by atoms with Gasteiger partial charge in [-0.25, -0.2) is 0 Å². The smallest absolute Gasteiger partial charge is 0.257 e. The van der Waals surface area contributed by atoms with Crippen molar-refractivity contribution in [3.63, 3.8) is 0 Å². The zero-order valence-electron chi connectivity index (χ0n) is 12.9. The number of hydrogen-bond donors (Lipinski definition) is 0. The van der Waals surface area contributed by atoms with Gasteiger partial charge in [0.15, 0.2) is 0 Å². The van der Waals surface area contributed by atoms with Gasteiger partial charge in [-0.05, 0) is 42.9 Å². The summed E-state index contributed by atoms with van der Waals surface area (Å²) in [6.07, 6.45) is 3.60. The Morgan fingerprint density at radius 2 is 2.19 bits per heavy atom. The summed E-state index contributed by atoms with van der Waals surface area (Å²) < 4.78 is 4.21. The van der Waals surface area contributed by atoms with E-state index in [1.54, 1.807) is 6.20 Å². The topological polar surface area (TPSA) is 46.1 Å². The minimum Gasteiger partial charge on any atom is -0.331 e. The molecular formula is C16H21N3OS. The molecule has 0 aromatic carbocycles.